The van der Waals surface area contributed by atoms with E-state index in [2.05, 4.69) is 0 Å². The van der Waals surface area contributed by atoms with Crippen LogP contribution < -0.4 is 10.5 Å². The summed E-state index contributed by atoms with van der Waals surface area (Å²) in [6.07, 6.45) is 0. The van der Waals surface area contributed by atoms with Gasteiger partial charge in [0.25, 0.3) is 0 Å². The molecule has 0 amide bonds. The average molecular weight is 245 g/mol. The molecule has 0 saturated heterocycles. The van der Waals surface area contributed by atoms with Crippen molar-refractivity contribution in [2.24, 2.45) is 0 Å². The zero-order valence-corrected chi connectivity index (χ0v) is 10.5. The molecule has 2 aromatic rings. The summed E-state index contributed by atoms with van der Waals surface area (Å²) in [6.45, 7) is 4.19. The van der Waals surface area contributed by atoms with Crippen LogP contribution in [0.2, 0.25) is 0 Å². The normalized spacial score (nSPS) is 10.4. The van der Waals surface area contributed by atoms with Gasteiger partial charge in [-0.3, -0.25) is 0 Å². The molecule has 0 unspecified atom stereocenters. The lowest BCUT2D eigenvalue weighted by atomic mass is 10.0. The number of aryl methyl sites for hydroxylation is 1. The molecule has 0 saturated carbocycles. The van der Waals surface area contributed by atoms with Gasteiger partial charge in [-0.15, -0.1) is 0 Å². The molecule has 2 N–H and O–H groups in total. The molecule has 0 aliphatic rings. The first kappa shape index (κ1) is 12.4. The van der Waals surface area contributed by atoms with Gasteiger partial charge >= 0.3 is 0 Å². The van der Waals surface area contributed by atoms with Crippen molar-refractivity contribution in [1.82, 2.24) is 0 Å². The average Bonchev–Trinajstić information content (AvgIpc) is 2.36. The molecule has 0 aromatic heterocycles. The quantitative estimate of drug-likeness (QED) is 0.835. The molecular formula is C15H16FNO. The highest BCUT2D eigenvalue weighted by Gasteiger charge is 2.11. The maximum Gasteiger partial charge on any atom is 0.172 e. The van der Waals surface area contributed by atoms with Crippen molar-refractivity contribution in [1.29, 1.82) is 0 Å². The van der Waals surface area contributed by atoms with E-state index < -0.39 is 0 Å². The Kier molecular flexibility index (Phi) is 3.51. The Morgan fingerprint density at radius 1 is 1.22 bits per heavy atom. The Morgan fingerprint density at radius 2 is 2.00 bits per heavy atom. The van der Waals surface area contributed by atoms with Gasteiger partial charge in [-0.25, -0.2) is 4.39 Å². The summed E-state index contributed by atoms with van der Waals surface area (Å²) in [4.78, 5) is 0. The van der Waals surface area contributed by atoms with E-state index in [9.17, 15) is 4.39 Å². The predicted molar refractivity (Wildman–Crippen MR) is 72.2 cm³/mol. The molecule has 94 valence electrons. The third-order valence-corrected chi connectivity index (χ3v) is 2.85. The van der Waals surface area contributed by atoms with E-state index in [1.54, 1.807) is 24.3 Å². The van der Waals surface area contributed by atoms with E-state index in [0.29, 0.717) is 17.9 Å². The second kappa shape index (κ2) is 5.08. The Morgan fingerprint density at radius 3 is 2.67 bits per heavy atom. The summed E-state index contributed by atoms with van der Waals surface area (Å²) >= 11 is 0. The van der Waals surface area contributed by atoms with E-state index in [0.717, 1.165) is 11.1 Å². The Labute approximate surface area is 106 Å². The van der Waals surface area contributed by atoms with E-state index in [4.69, 9.17) is 10.5 Å². The molecule has 0 bridgehead atoms. The molecule has 0 radical (unpaired) electrons. The molecule has 18 heavy (non-hydrogen) atoms. The molecule has 2 nitrogen and oxygen atoms in total. The largest absolute Gasteiger partial charge is 0.491 e. The van der Waals surface area contributed by atoms with Crippen molar-refractivity contribution in [2.45, 2.75) is 13.8 Å². The summed E-state index contributed by atoms with van der Waals surface area (Å²) < 4.78 is 19.5. The molecular weight excluding hydrogens is 229 g/mol. The first-order valence-corrected chi connectivity index (χ1v) is 5.91. The Balaban J connectivity index is 2.50. The van der Waals surface area contributed by atoms with Gasteiger partial charge in [0, 0.05) is 11.3 Å². The first-order chi connectivity index (χ1) is 8.63. The number of nitrogens with two attached hydrogens (primary N) is 1. The predicted octanol–water partition coefficient (Wildman–Crippen LogP) is 3.78. The van der Waals surface area contributed by atoms with E-state index >= 15 is 0 Å². The van der Waals surface area contributed by atoms with Crippen LogP contribution in [0, 0.1) is 12.7 Å². The van der Waals surface area contributed by atoms with E-state index in [-0.39, 0.29) is 11.6 Å². The second-order valence-corrected chi connectivity index (χ2v) is 4.12. The topological polar surface area (TPSA) is 35.2 Å². The van der Waals surface area contributed by atoms with E-state index in [1.165, 1.54) is 0 Å². The molecule has 2 rings (SSSR count). The van der Waals surface area contributed by atoms with Crippen molar-refractivity contribution in [3.63, 3.8) is 0 Å². The minimum Gasteiger partial charge on any atom is -0.491 e. The van der Waals surface area contributed by atoms with Crippen molar-refractivity contribution >= 4 is 5.69 Å². The van der Waals surface area contributed by atoms with Crippen molar-refractivity contribution in [2.75, 3.05) is 12.3 Å². The maximum atomic E-state index is 14.2. The number of halogens is 1. The van der Waals surface area contributed by atoms with Crippen LogP contribution in [0.25, 0.3) is 11.1 Å². The molecule has 0 spiro atoms. The standard InChI is InChI=1S/C15H16FNO/c1-3-18-14-6-4-5-12(15(14)16)11-8-7-10(2)13(17)9-11/h4-9H,3,17H2,1-2H3. The van der Waals surface area contributed by atoms with Crippen LogP contribution in [-0.4, -0.2) is 6.61 Å². The third-order valence-electron chi connectivity index (χ3n) is 2.85. The van der Waals surface area contributed by atoms with Gasteiger partial charge < -0.3 is 10.5 Å². The zero-order valence-electron chi connectivity index (χ0n) is 10.5. The summed E-state index contributed by atoms with van der Waals surface area (Å²) in [7, 11) is 0. The molecule has 0 aliphatic carbocycles. The lowest BCUT2D eigenvalue weighted by Gasteiger charge is -2.10. The highest BCUT2D eigenvalue weighted by atomic mass is 19.1. The minimum atomic E-state index is -0.345. The summed E-state index contributed by atoms with van der Waals surface area (Å²) in [5, 5.41) is 0. The van der Waals surface area contributed by atoms with Crippen molar-refractivity contribution in [3.05, 3.63) is 47.8 Å². The first-order valence-electron chi connectivity index (χ1n) is 5.91. The van der Waals surface area contributed by atoms with Crippen LogP contribution in [-0.2, 0) is 0 Å². The molecule has 0 atom stereocenters. The van der Waals surface area contributed by atoms with Gasteiger partial charge in [0.2, 0.25) is 0 Å². The Bertz CT molecular complexity index is 566. The monoisotopic (exact) mass is 245 g/mol. The van der Waals surface area contributed by atoms with Crippen LogP contribution in [0.1, 0.15) is 12.5 Å². The molecule has 3 heteroatoms. The fraction of sp³-hybridized carbons (Fsp3) is 0.200. The number of nitrogen functional groups attached to an aromatic ring is 1. The fourth-order valence-electron chi connectivity index (χ4n) is 1.81. The highest BCUT2D eigenvalue weighted by molar-refractivity contribution is 5.70. The molecule has 0 fully saturated rings. The molecule has 0 aliphatic heterocycles. The van der Waals surface area contributed by atoms with Crippen LogP contribution in [0.3, 0.4) is 0 Å². The second-order valence-electron chi connectivity index (χ2n) is 4.12. The maximum absolute atomic E-state index is 14.2. The van der Waals surface area contributed by atoms with Gasteiger partial charge in [-0.05, 0) is 37.1 Å². The van der Waals surface area contributed by atoms with Crippen LogP contribution in [0.4, 0.5) is 10.1 Å². The summed E-state index contributed by atoms with van der Waals surface area (Å²) in [5.74, 6) is -0.0725. The number of rotatable bonds is 3. The minimum absolute atomic E-state index is 0.272. The van der Waals surface area contributed by atoms with E-state index in [1.807, 2.05) is 26.0 Å². The summed E-state index contributed by atoms with van der Waals surface area (Å²) in [5.41, 5.74) is 8.77. The number of ether oxygens (including phenoxy) is 1. The van der Waals surface area contributed by atoms with Gasteiger partial charge in [-0.2, -0.15) is 0 Å². The molecule has 2 aromatic carbocycles. The summed E-state index contributed by atoms with van der Waals surface area (Å²) in [6, 6.07) is 10.7. The smallest absolute Gasteiger partial charge is 0.172 e. The zero-order chi connectivity index (χ0) is 13.1. The third kappa shape index (κ3) is 2.30. The van der Waals surface area contributed by atoms with Crippen molar-refractivity contribution < 1.29 is 9.13 Å². The number of hydrogen-bond donors (Lipinski definition) is 1. The lowest BCUT2D eigenvalue weighted by molar-refractivity contribution is 0.322. The lowest BCUT2D eigenvalue weighted by Crippen LogP contribution is -1.97. The fourth-order valence-corrected chi connectivity index (χ4v) is 1.81. The van der Waals surface area contributed by atoms with Crippen LogP contribution in [0.15, 0.2) is 36.4 Å². The molecule has 0 heterocycles. The highest BCUT2D eigenvalue weighted by Crippen LogP contribution is 2.30. The van der Waals surface area contributed by atoms with Gasteiger partial charge in [0.05, 0.1) is 6.61 Å². The number of hydrogen-bond acceptors (Lipinski definition) is 2. The van der Waals surface area contributed by atoms with Crippen LogP contribution >= 0.6 is 0 Å². The number of benzene rings is 2. The van der Waals surface area contributed by atoms with Crippen molar-refractivity contribution in [3.8, 4) is 16.9 Å². The van der Waals surface area contributed by atoms with Crippen LogP contribution in [0.5, 0.6) is 5.75 Å². The SMILES string of the molecule is CCOc1cccc(-c2ccc(C)c(N)c2)c1F. The number of anilines is 1. The van der Waals surface area contributed by atoms with Gasteiger partial charge in [0.1, 0.15) is 0 Å². The Hall–Kier alpha value is -2.03. The van der Waals surface area contributed by atoms with Gasteiger partial charge in [0.15, 0.2) is 11.6 Å². The van der Waals surface area contributed by atoms with Gasteiger partial charge in [-0.1, -0.05) is 24.3 Å².